The Bertz CT molecular complexity index is 1320. The molecule has 12 heteroatoms. The monoisotopic (exact) mass is 517 g/mol. The molecule has 6 rings (SSSR count). The summed E-state index contributed by atoms with van der Waals surface area (Å²) in [7, 11) is 0. The Morgan fingerprint density at radius 1 is 1.11 bits per heavy atom. The first-order valence-corrected chi connectivity index (χ1v) is 13.1. The summed E-state index contributed by atoms with van der Waals surface area (Å²) in [5.41, 5.74) is 0.355. The minimum atomic E-state index is -1.71. The van der Waals surface area contributed by atoms with Crippen LogP contribution in [-0.2, 0) is 15.2 Å². The first kappa shape index (κ1) is 24.4. The zero-order valence-corrected chi connectivity index (χ0v) is 21.2. The lowest BCUT2D eigenvalue weighted by molar-refractivity contribution is -0.152. The van der Waals surface area contributed by atoms with Gasteiger partial charge in [-0.2, -0.15) is 15.0 Å². The standard InChI is InChI=1S/C26H31N9O3/c1-17-21-22(32-24(17)36)28-16-29-23(21)33-11-13-34(14-12-33)25(37)26(38,15-27-19-3-2-4-19)18-5-7-20(8-6-18)35-30-9-10-31-35/h5-10,16-17,19,27,38H,2-4,11-15H2,1H3,(H,28,29,32,36)/t17?,26-/m0/s1. The molecule has 0 bridgehead atoms. The summed E-state index contributed by atoms with van der Waals surface area (Å²) in [4.78, 5) is 40.0. The number of rotatable bonds is 7. The van der Waals surface area contributed by atoms with Crippen molar-refractivity contribution in [3.05, 3.63) is 54.1 Å². The molecule has 1 aromatic carbocycles. The molecule has 198 valence electrons. The zero-order valence-electron chi connectivity index (χ0n) is 21.2. The van der Waals surface area contributed by atoms with Gasteiger partial charge in [0.15, 0.2) is 5.60 Å². The number of aliphatic hydroxyl groups is 1. The predicted octanol–water partition coefficient (Wildman–Crippen LogP) is 0.791. The number of nitrogens with one attached hydrogen (secondary N) is 2. The SMILES string of the molecule is CC1C(=O)Nc2ncnc(N3CCN(C(=O)[C@](O)(CNC4CCC4)c4ccc(-n5nccn5)cc4)CC3)c21. The molecule has 38 heavy (non-hydrogen) atoms. The molecule has 2 aromatic heterocycles. The van der Waals surface area contributed by atoms with E-state index in [-0.39, 0.29) is 24.3 Å². The van der Waals surface area contributed by atoms with Gasteiger partial charge in [-0.1, -0.05) is 18.6 Å². The summed E-state index contributed by atoms with van der Waals surface area (Å²) in [6.07, 6.45) is 7.90. The normalized spacial score (nSPS) is 21.0. The molecule has 1 unspecified atom stereocenters. The topological polar surface area (TPSA) is 141 Å². The number of benzene rings is 1. The van der Waals surface area contributed by atoms with Crippen LogP contribution >= 0.6 is 0 Å². The van der Waals surface area contributed by atoms with Gasteiger partial charge in [-0.15, -0.1) is 0 Å². The van der Waals surface area contributed by atoms with Crippen LogP contribution in [0.25, 0.3) is 5.69 Å². The summed E-state index contributed by atoms with van der Waals surface area (Å²) < 4.78 is 0. The van der Waals surface area contributed by atoms with Gasteiger partial charge in [0.1, 0.15) is 18.0 Å². The van der Waals surface area contributed by atoms with Crippen molar-refractivity contribution in [3.63, 3.8) is 0 Å². The minimum absolute atomic E-state index is 0.0889. The predicted molar refractivity (Wildman–Crippen MR) is 139 cm³/mol. The largest absolute Gasteiger partial charge is 0.374 e. The first-order chi connectivity index (χ1) is 18.4. The van der Waals surface area contributed by atoms with E-state index in [1.54, 1.807) is 41.6 Å². The van der Waals surface area contributed by atoms with E-state index in [1.807, 2.05) is 6.92 Å². The van der Waals surface area contributed by atoms with Gasteiger partial charge in [0.05, 0.1) is 24.0 Å². The highest BCUT2D eigenvalue weighted by Crippen LogP contribution is 2.37. The Balaban J connectivity index is 1.20. The number of anilines is 2. The number of amides is 2. The Hall–Kier alpha value is -3.90. The van der Waals surface area contributed by atoms with Gasteiger partial charge in [-0.3, -0.25) is 9.59 Å². The molecule has 2 amide bonds. The second kappa shape index (κ2) is 9.76. The quantitative estimate of drug-likeness (QED) is 0.415. The van der Waals surface area contributed by atoms with Crippen LogP contribution in [0.3, 0.4) is 0 Å². The highest BCUT2D eigenvalue weighted by atomic mass is 16.3. The average Bonchev–Trinajstić information content (AvgIpc) is 3.56. The number of hydrogen-bond acceptors (Lipinski definition) is 9. The molecule has 1 saturated heterocycles. The third-order valence-electron chi connectivity index (χ3n) is 7.90. The number of nitrogens with zero attached hydrogens (tertiary/aromatic N) is 7. The van der Waals surface area contributed by atoms with Crippen molar-refractivity contribution in [3.8, 4) is 5.69 Å². The third-order valence-corrected chi connectivity index (χ3v) is 7.90. The van der Waals surface area contributed by atoms with Gasteiger partial charge in [0.2, 0.25) is 5.91 Å². The molecule has 0 radical (unpaired) electrons. The van der Waals surface area contributed by atoms with Gasteiger partial charge < -0.3 is 25.5 Å². The van der Waals surface area contributed by atoms with Crippen molar-refractivity contribution >= 4 is 23.5 Å². The fourth-order valence-electron chi connectivity index (χ4n) is 5.30. The van der Waals surface area contributed by atoms with Crippen LogP contribution in [0.15, 0.2) is 43.0 Å². The Kier molecular flexibility index (Phi) is 6.28. The zero-order chi connectivity index (χ0) is 26.3. The molecule has 12 nitrogen and oxygen atoms in total. The number of carbonyl (C=O) groups excluding carboxylic acids is 2. The lowest BCUT2D eigenvalue weighted by Crippen LogP contribution is -2.58. The van der Waals surface area contributed by atoms with E-state index in [1.165, 1.54) is 11.1 Å². The van der Waals surface area contributed by atoms with Gasteiger partial charge in [0, 0.05) is 44.3 Å². The summed E-state index contributed by atoms with van der Waals surface area (Å²) in [6, 6.07) is 7.47. The van der Waals surface area contributed by atoms with Gasteiger partial charge in [-0.25, -0.2) is 9.97 Å². The van der Waals surface area contributed by atoms with Crippen molar-refractivity contribution < 1.29 is 14.7 Å². The maximum Gasteiger partial charge on any atom is 0.260 e. The Morgan fingerprint density at radius 3 is 2.47 bits per heavy atom. The minimum Gasteiger partial charge on any atom is -0.374 e. The van der Waals surface area contributed by atoms with Crippen molar-refractivity contribution in [1.82, 2.24) is 35.2 Å². The van der Waals surface area contributed by atoms with Crippen LogP contribution in [0, 0.1) is 0 Å². The van der Waals surface area contributed by atoms with Crippen LogP contribution in [0.5, 0.6) is 0 Å². The summed E-state index contributed by atoms with van der Waals surface area (Å²) in [6.45, 7) is 3.90. The summed E-state index contributed by atoms with van der Waals surface area (Å²) in [5, 5.41) is 26.4. The van der Waals surface area contributed by atoms with E-state index < -0.39 is 5.60 Å². The maximum absolute atomic E-state index is 13.9. The van der Waals surface area contributed by atoms with Crippen LogP contribution in [-0.4, -0.2) is 85.5 Å². The molecule has 2 atom stereocenters. The molecule has 2 aliphatic heterocycles. The second-order valence-electron chi connectivity index (χ2n) is 10.2. The van der Waals surface area contributed by atoms with E-state index in [0.717, 1.165) is 36.3 Å². The molecule has 0 spiro atoms. The number of aromatic nitrogens is 5. The van der Waals surface area contributed by atoms with Crippen molar-refractivity contribution in [2.24, 2.45) is 0 Å². The van der Waals surface area contributed by atoms with Crippen molar-refractivity contribution in [2.45, 2.75) is 43.7 Å². The third kappa shape index (κ3) is 4.29. The van der Waals surface area contributed by atoms with Crippen LogP contribution in [0.4, 0.5) is 11.6 Å². The molecule has 2 fully saturated rings. The molecule has 3 aliphatic rings. The van der Waals surface area contributed by atoms with E-state index >= 15 is 0 Å². The maximum atomic E-state index is 13.9. The summed E-state index contributed by atoms with van der Waals surface area (Å²) >= 11 is 0. The van der Waals surface area contributed by atoms with E-state index in [4.69, 9.17) is 0 Å². The van der Waals surface area contributed by atoms with E-state index in [9.17, 15) is 14.7 Å². The van der Waals surface area contributed by atoms with Crippen molar-refractivity contribution in [2.75, 3.05) is 42.9 Å². The lowest BCUT2D eigenvalue weighted by atomic mass is 9.88. The lowest BCUT2D eigenvalue weighted by Gasteiger charge is -2.41. The number of fused-ring (bicyclic) bond motifs is 1. The number of hydrogen-bond donors (Lipinski definition) is 3. The molecule has 1 aliphatic carbocycles. The number of carbonyl (C=O) groups is 2. The highest BCUT2D eigenvalue weighted by Gasteiger charge is 2.43. The average molecular weight is 518 g/mol. The van der Waals surface area contributed by atoms with E-state index in [2.05, 4.69) is 35.7 Å². The fraction of sp³-hybridized carbons (Fsp3) is 0.462. The van der Waals surface area contributed by atoms with Crippen LogP contribution in [0.2, 0.25) is 0 Å². The molecule has 1 saturated carbocycles. The molecule has 4 heterocycles. The van der Waals surface area contributed by atoms with Crippen LogP contribution < -0.4 is 15.5 Å². The smallest absolute Gasteiger partial charge is 0.260 e. The molecule has 3 N–H and O–H groups in total. The van der Waals surface area contributed by atoms with Gasteiger partial charge >= 0.3 is 0 Å². The van der Waals surface area contributed by atoms with E-state index in [0.29, 0.717) is 43.6 Å². The van der Waals surface area contributed by atoms with Crippen molar-refractivity contribution in [1.29, 1.82) is 0 Å². The molecular formula is C26H31N9O3. The Labute approximate surface area is 220 Å². The first-order valence-electron chi connectivity index (χ1n) is 13.1. The highest BCUT2D eigenvalue weighted by molar-refractivity contribution is 6.03. The second-order valence-corrected chi connectivity index (χ2v) is 10.2. The van der Waals surface area contributed by atoms with Gasteiger partial charge in [0.25, 0.3) is 5.91 Å². The Morgan fingerprint density at radius 2 is 1.82 bits per heavy atom. The fourth-order valence-corrected chi connectivity index (χ4v) is 5.30. The van der Waals surface area contributed by atoms with Gasteiger partial charge in [-0.05, 0) is 37.5 Å². The number of piperazine rings is 1. The summed E-state index contributed by atoms with van der Waals surface area (Å²) in [5.74, 6) is 0.526. The van der Waals surface area contributed by atoms with Crippen LogP contribution in [0.1, 0.15) is 43.2 Å². The molecule has 3 aromatic rings. The molecular weight excluding hydrogens is 486 g/mol.